The zero-order valence-corrected chi connectivity index (χ0v) is 13.0. The lowest BCUT2D eigenvalue weighted by Gasteiger charge is -2.14. The summed E-state index contributed by atoms with van der Waals surface area (Å²) in [5.74, 6) is 0. The highest BCUT2D eigenvalue weighted by atomic mass is 35.5. The fraction of sp³-hybridized carbons (Fsp3) is 0.500. The van der Waals surface area contributed by atoms with E-state index in [0.717, 1.165) is 11.3 Å². The predicted octanol–water partition coefficient (Wildman–Crippen LogP) is 0.856. The van der Waals surface area contributed by atoms with Crippen LogP contribution in [0.5, 0.6) is 0 Å². The number of halogens is 3. The molecule has 0 spiro atoms. The van der Waals surface area contributed by atoms with Crippen molar-refractivity contribution in [1.29, 1.82) is 0 Å². The minimum absolute atomic E-state index is 0. The maximum atomic E-state index is 11.8. The second-order valence-electron chi connectivity index (χ2n) is 3.51. The molecule has 0 unspecified atom stereocenters. The van der Waals surface area contributed by atoms with Crippen molar-refractivity contribution in [1.82, 2.24) is 10.0 Å². The number of nitrogens with one attached hydrogen (secondary N) is 2. The number of sulfonamides is 1. The van der Waals surface area contributed by atoms with Gasteiger partial charge in [-0.3, -0.25) is 0 Å². The molecule has 1 aromatic rings. The predicted molar refractivity (Wildman–Crippen MR) is 76.8 cm³/mol. The van der Waals surface area contributed by atoms with Crippen LogP contribution < -0.4 is 10.0 Å². The van der Waals surface area contributed by atoms with Gasteiger partial charge in [0, 0.05) is 13.1 Å². The van der Waals surface area contributed by atoms with Gasteiger partial charge < -0.3 is 10.4 Å². The lowest BCUT2D eigenvalue weighted by atomic mass is 10.2. The molecule has 2 atom stereocenters. The van der Waals surface area contributed by atoms with Crippen LogP contribution in [0.25, 0.3) is 0 Å². The van der Waals surface area contributed by atoms with Crippen LogP contribution in [0.4, 0.5) is 0 Å². The van der Waals surface area contributed by atoms with Gasteiger partial charge in [0.2, 0.25) is 10.0 Å². The number of hydrogen-bond acceptors (Lipinski definition) is 5. The van der Waals surface area contributed by atoms with E-state index >= 15 is 0 Å². The van der Waals surface area contributed by atoms with Crippen molar-refractivity contribution in [3.63, 3.8) is 0 Å². The van der Waals surface area contributed by atoms with E-state index in [-0.39, 0.29) is 29.0 Å². The Morgan fingerprint density at radius 3 is 2.50 bits per heavy atom. The van der Waals surface area contributed by atoms with Gasteiger partial charge in [0.05, 0.1) is 16.5 Å². The SMILES string of the molecule is Cl.Cl.O=S(=O)(N[C@@H]1CNC[C@H]1O)c1ccc(Cl)s1. The molecule has 106 valence electrons. The molecule has 18 heavy (non-hydrogen) atoms. The van der Waals surface area contributed by atoms with Gasteiger partial charge >= 0.3 is 0 Å². The van der Waals surface area contributed by atoms with Crippen LogP contribution in [0.3, 0.4) is 0 Å². The van der Waals surface area contributed by atoms with E-state index in [1.165, 1.54) is 12.1 Å². The third-order valence-electron chi connectivity index (χ3n) is 2.30. The van der Waals surface area contributed by atoms with Crippen molar-refractivity contribution in [2.45, 2.75) is 16.4 Å². The van der Waals surface area contributed by atoms with Crippen molar-refractivity contribution in [3.05, 3.63) is 16.5 Å². The summed E-state index contributed by atoms with van der Waals surface area (Å²) in [6.45, 7) is 0.831. The van der Waals surface area contributed by atoms with E-state index < -0.39 is 22.2 Å². The van der Waals surface area contributed by atoms with Crippen LogP contribution in [-0.2, 0) is 10.0 Å². The molecule has 0 saturated carbocycles. The Bertz CT molecular complexity index is 480. The summed E-state index contributed by atoms with van der Waals surface area (Å²) >= 11 is 6.67. The highest BCUT2D eigenvalue weighted by molar-refractivity contribution is 7.91. The number of thiophene rings is 1. The maximum Gasteiger partial charge on any atom is 0.250 e. The Balaban J connectivity index is 0.00000144. The second kappa shape index (κ2) is 7.25. The Morgan fingerprint density at radius 1 is 1.39 bits per heavy atom. The maximum absolute atomic E-state index is 11.8. The summed E-state index contributed by atoms with van der Waals surface area (Å²) in [7, 11) is -3.57. The summed E-state index contributed by atoms with van der Waals surface area (Å²) in [5.41, 5.74) is 0. The molecule has 5 nitrogen and oxygen atoms in total. The first-order valence-corrected chi connectivity index (χ1v) is 7.33. The van der Waals surface area contributed by atoms with Gasteiger partial charge in [-0.1, -0.05) is 11.6 Å². The Labute approximate surface area is 127 Å². The molecule has 0 amide bonds. The molecular formula is C8H13Cl3N2O3S2. The first kappa shape index (κ1) is 18.4. The van der Waals surface area contributed by atoms with Gasteiger partial charge in [-0.05, 0) is 12.1 Å². The number of aliphatic hydroxyl groups is 1. The van der Waals surface area contributed by atoms with Gasteiger partial charge in [0.1, 0.15) is 4.21 Å². The van der Waals surface area contributed by atoms with Gasteiger partial charge in [-0.2, -0.15) is 0 Å². The molecule has 0 aliphatic carbocycles. The van der Waals surface area contributed by atoms with E-state index in [4.69, 9.17) is 11.6 Å². The van der Waals surface area contributed by atoms with Crippen LogP contribution in [0.15, 0.2) is 16.3 Å². The summed E-state index contributed by atoms with van der Waals surface area (Å²) < 4.78 is 26.7. The molecule has 0 aromatic carbocycles. The van der Waals surface area contributed by atoms with Crippen molar-refractivity contribution in [3.8, 4) is 0 Å². The van der Waals surface area contributed by atoms with Gasteiger partial charge in [-0.25, -0.2) is 13.1 Å². The first-order valence-electron chi connectivity index (χ1n) is 4.65. The van der Waals surface area contributed by atoms with Crippen molar-refractivity contribution in [2.75, 3.05) is 13.1 Å². The lowest BCUT2D eigenvalue weighted by molar-refractivity contribution is 0.173. The molecule has 0 bridgehead atoms. The van der Waals surface area contributed by atoms with Gasteiger partial charge in [0.25, 0.3) is 0 Å². The number of β-amino-alcohol motifs (C(OH)–C–C–N with tert-alkyl or cyclic N) is 1. The molecule has 1 fully saturated rings. The largest absolute Gasteiger partial charge is 0.390 e. The molecule has 2 heterocycles. The van der Waals surface area contributed by atoms with E-state index in [9.17, 15) is 13.5 Å². The third kappa shape index (κ3) is 4.21. The van der Waals surface area contributed by atoms with E-state index in [0.29, 0.717) is 17.4 Å². The molecule has 1 aromatic heterocycles. The standard InChI is InChI=1S/C8H11ClN2O3S2.2ClH/c9-7-1-2-8(15-7)16(13,14)11-5-3-10-4-6(5)12;;/h1-2,5-6,10-12H,3-4H2;2*1H/t5-,6-;;/m1../s1. The Hall–Kier alpha value is 0.400. The smallest absolute Gasteiger partial charge is 0.250 e. The van der Waals surface area contributed by atoms with Crippen LogP contribution >= 0.6 is 47.8 Å². The quantitative estimate of drug-likeness (QED) is 0.751. The third-order valence-corrected chi connectivity index (χ3v) is 5.52. The van der Waals surface area contributed by atoms with E-state index in [1.807, 2.05) is 0 Å². The minimum Gasteiger partial charge on any atom is -0.390 e. The van der Waals surface area contributed by atoms with Crippen LogP contribution in [-0.4, -0.2) is 38.8 Å². The number of aliphatic hydroxyl groups excluding tert-OH is 1. The number of rotatable bonds is 3. The van der Waals surface area contributed by atoms with Crippen LogP contribution in [0.1, 0.15) is 0 Å². The summed E-state index contributed by atoms with van der Waals surface area (Å²) in [4.78, 5) is 0. The van der Waals surface area contributed by atoms with Crippen molar-refractivity contribution in [2.24, 2.45) is 0 Å². The topological polar surface area (TPSA) is 78.4 Å². The molecule has 0 radical (unpaired) electrons. The lowest BCUT2D eigenvalue weighted by Crippen LogP contribution is -2.42. The molecule has 3 N–H and O–H groups in total. The van der Waals surface area contributed by atoms with E-state index in [2.05, 4.69) is 10.0 Å². The highest BCUT2D eigenvalue weighted by Crippen LogP contribution is 2.25. The van der Waals surface area contributed by atoms with Crippen molar-refractivity contribution >= 4 is 57.8 Å². The average Bonchev–Trinajstić information content (AvgIpc) is 2.77. The fourth-order valence-corrected chi connectivity index (χ4v) is 4.25. The van der Waals surface area contributed by atoms with Gasteiger partial charge in [-0.15, -0.1) is 36.2 Å². The van der Waals surface area contributed by atoms with Crippen LogP contribution in [0.2, 0.25) is 4.34 Å². The summed E-state index contributed by atoms with van der Waals surface area (Å²) in [5, 5.41) is 12.4. The van der Waals surface area contributed by atoms with Gasteiger partial charge in [0.15, 0.2) is 0 Å². The monoisotopic (exact) mass is 354 g/mol. The zero-order chi connectivity index (χ0) is 11.8. The van der Waals surface area contributed by atoms with E-state index in [1.54, 1.807) is 0 Å². The molecule has 1 aliphatic heterocycles. The zero-order valence-electron chi connectivity index (χ0n) is 9.00. The minimum atomic E-state index is -3.57. The molecule has 2 rings (SSSR count). The van der Waals surface area contributed by atoms with Crippen molar-refractivity contribution < 1.29 is 13.5 Å². The molecule has 1 aliphatic rings. The second-order valence-corrected chi connectivity index (χ2v) is 7.17. The van der Waals surface area contributed by atoms with Crippen LogP contribution in [0, 0.1) is 0 Å². The highest BCUT2D eigenvalue weighted by Gasteiger charge is 2.30. The molecule has 1 saturated heterocycles. The Morgan fingerprint density at radius 2 is 2.06 bits per heavy atom. The average molecular weight is 356 g/mol. The summed E-state index contributed by atoms with van der Waals surface area (Å²) in [6, 6.07) is 2.50. The fourth-order valence-electron chi connectivity index (χ4n) is 1.48. The summed E-state index contributed by atoms with van der Waals surface area (Å²) in [6.07, 6.45) is -0.690. The first-order chi connectivity index (χ1) is 7.49. The normalized spacial score (nSPS) is 23.2. The molecular weight excluding hydrogens is 343 g/mol. The Kier molecular flexibility index (Phi) is 7.42. The molecule has 10 heteroatoms. The number of hydrogen-bond donors (Lipinski definition) is 3.